The number of nitrogens with zero attached hydrogens (tertiary/aromatic N) is 1. The molecule has 1 saturated carbocycles. The van der Waals surface area contributed by atoms with Gasteiger partial charge < -0.3 is 20.7 Å². The van der Waals surface area contributed by atoms with Crippen molar-refractivity contribution in [3.05, 3.63) is 29.8 Å². The van der Waals surface area contributed by atoms with E-state index in [4.69, 9.17) is 10.5 Å². The molecule has 2 rings (SSSR count). The maximum atomic E-state index is 12.4. The van der Waals surface area contributed by atoms with Gasteiger partial charge in [-0.2, -0.15) is 0 Å². The van der Waals surface area contributed by atoms with E-state index in [0.717, 1.165) is 51.1 Å². The van der Waals surface area contributed by atoms with E-state index < -0.39 is 0 Å². The summed E-state index contributed by atoms with van der Waals surface area (Å²) < 4.78 is 5.76. The van der Waals surface area contributed by atoms with Crippen LogP contribution in [0.5, 0.6) is 5.75 Å². The Hall–Kier alpha value is -1.01. The highest BCUT2D eigenvalue weighted by molar-refractivity contribution is 5.94. The molecule has 26 heavy (non-hydrogen) atoms. The number of likely N-dealkylation sites (N-methyl/N-ethyl adjacent to an activating group) is 1. The fraction of sp³-hybridized carbons (Fsp3) is 0.632. The Morgan fingerprint density at radius 2 is 1.73 bits per heavy atom. The van der Waals surface area contributed by atoms with Gasteiger partial charge in [0.15, 0.2) is 0 Å². The van der Waals surface area contributed by atoms with E-state index in [1.165, 1.54) is 0 Å². The molecule has 0 heterocycles. The summed E-state index contributed by atoms with van der Waals surface area (Å²) in [7, 11) is 0. The average molecular weight is 406 g/mol. The molecule has 150 valence electrons. The van der Waals surface area contributed by atoms with Gasteiger partial charge in [0.25, 0.3) is 5.91 Å². The lowest BCUT2D eigenvalue weighted by molar-refractivity contribution is 0.0903. The first kappa shape index (κ1) is 25.0. The third-order valence-corrected chi connectivity index (χ3v) is 5.02. The van der Waals surface area contributed by atoms with Crippen molar-refractivity contribution in [2.45, 2.75) is 45.1 Å². The lowest BCUT2D eigenvalue weighted by atomic mass is 9.97. The molecule has 1 fully saturated rings. The molecule has 0 radical (unpaired) electrons. The van der Waals surface area contributed by atoms with Gasteiger partial charge in [-0.1, -0.05) is 26.7 Å². The number of nitrogens with one attached hydrogen (secondary N) is 1. The number of hydrogen-bond donors (Lipinski definition) is 2. The van der Waals surface area contributed by atoms with Crippen LogP contribution < -0.4 is 15.8 Å². The molecule has 1 aliphatic carbocycles. The van der Waals surface area contributed by atoms with Crippen LogP contribution in [-0.4, -0.2) is 49.1 Å². The topological polar surface area (TPSA) is 67.6 Å². The van der Waals surface area contributed by atoms with Crippen molar-refractivity contribution in [1.29, 1.82) is 0 Å². The third kappa shape index (κ3) is 6.95. The first-order chi connectivity index (χ1) is 11.6. The van der Waals surface area contributed by atoms with Gasteiger partial charge in [-0.25, -0.2) is 0 Å². The number of ether oxygens (including phenoxy) is 1. The SMILES string of the molecule is CCN(CC)CCOc1ccc(C(=O)NC2(CN)CCCC2)cc1.Cl.Cl. The highest BCUT2D eigenvalue weighted by Gasteiger charge is 2.33. The highest BCUT2D eigenvalue weighted by atomic mass is 35.5. The van der Waals surface area contributed by atoms with Crippen LogP contribution in [0.25, 0.3) is 0 Å². The summed E-state index contributed by atoms with van der Waals surface area (Å²) in [6, 6.07) is 7.37. The summed E-state index contributed by atoms with van der Waals surface area (Å²) in [4.78, 5) is 14.8. The molecule has 5 nitrogen and oxygen atoms in total. The number of benzene rings is 1. The summed E-state index contributed by atoms with van der Waals surface area (Å²) in [5, 5.41) is 3.14. The minimum absolute atomic E-state index is 0. The van der Waals surface area contributed by atoms with Gasteiger partial charge in [-0.05, 0) is 50.2 Å². The molecule has 0 spiro atoms. The van der Waals surface area contributed by atoms with E-state index >= 15 is 0 Å². The third-order valence-electron chi connectivity index (χ3n) is 5.02. The normalized spacial score (nSPS) is 15.1. The molecule has 0 aliphatic heterocycles. The van der Waals surface area contributed by atoms with Crippen LogP contribution in [-0.2, 0) is 0 Å². The quantitative estimate of drug-likeness (QED) is 0.661. The molecule has 1 aromatic carbocycles. The molecule has 0 saturated heterocycles. The molecular formula is C19H33Cl2N3O2. The van der Waals surface area contributed by atoms with Crippen molar-refractivity contribution >= 4 is 30.7 Å². The number of hydrogen-bond acceptors (Lipinski definition) is 4. The monoisotopic (exact) mass is 405 g/mol. The van der Waals surface area contributed by atoms with E-state index in [2.05, 4.69) is 24.1 Å². The van der Waals surface area contributed by atoms with Crippen LogP contribution in [0.3, 0.4) is 0 Å². The minimum atomic E-state index is -0.212. The molecular weight excluding hydrogens is 373 g/mol. The fourth-order valence-electron chi connectivity index (χ4n) is 3.28. The summed E-state index contributed by atoms with van der Waals surface area (Å²) in [5.41, 5.74) is 6.33. The van der Waals surface area contributed by atoms with Crippen LogP contribution in [0.4, 0.5) is 0 Å². The Bertz CT molecular complexity index is 516. The van der Waals surface area contributed by atoms with Crippen LogP contribution >= 0.6 is 24.8 Å². The number of amides is 1. The molecule has 0 aromatic heterocycles. The minimum Gasteiger partial charge on any atom is -0.492 e. The zero-order chi connectivity index (χ0) is 17.4. The van der Waals surface area contributed by atoms with Gasteiger partial charge in [0, 0.05) is 18.7 Å². The second-order valence-corrected chi connectivity index (χ2v) is 6.55. The maximum Gasteiger partial charge on any atom is 0.251 e. The maximum absolute atomic E-state index is 12.4. The smallest absolute Gasteiger partial charge is 0.251 e. The van der Waals surface area contributed by atoms with E-state index in [-0.39, 0.29) is 36.3 Å². The summed E-state index contributed by atoms with van der Waals surface area (Å²) in [6.45, 7) is 8.43. The van der Waals surface area contributed by atoms with Crippen molar-refractivity contribution in [1.82, 2.24) is 10.2 Å². The van der Waals surface area contributed by atoms with Crippen LogP contribution in [0.15, 0.2) is 24.3 Å². The predicted molar refractivity (Wildman–Crippen MR) is 112 cm³/mol. The van der Waals surface area contributed by atoms with Gasteiger partial charge in [0.2, 0.25) is 0 Å². The summed E-state index contributed by atoms with van der Waals surface area (Å²) in [5.74, 6) is 0.755. The Kier molecular flexibility index (Phi) is 11.9. The van der Waals surface area contributed by atoms with Crippen molar-refractivity contribution in [3.8, 4) is 5.75 Å². The van der Waals surface area contributed by atoms with Gasteiger partial charge in [-0.3, -0.25) is 4.79 Å². The zero-order valence-corrected chi connectivity index (χ0v) is 17.5. The number of carbonyl (C=O) groups is 1. The number of rotatable bonds is 9. The van der Waals surface area contributed by atoms with Crippen LogP contribution in [0.2, 0.25) is 0 Å². The molecule has 1 aromatic rings. The highest BCUT2D eigenvalue weighted by Crippen LogP contribution is 2.29. The molecule has 1 amide bonds. The second-order valence-electron chi connectivity index (χ2n) is 6.55. The number of nitrogens with two attached hydrogens (primary N) is 1. The molecule has 0 bridgehead atoms. The first-order valence-electron chi connectivity index (χ1n) is 9.10. The van der Waals surface area contributed by atoms with Crippen molar-refractivity contribution in [2.24, 2.45) is 5.73 Å². The molecule has 3 N–H and O–H groups in total. The number of carbonyl (C=O) groups excluding carboxylic acids is 1. The Labute approximate surface area is 169 Å². The Morgan fingerprint density at radius 1 is 1.15 bits per heavy atom. The zero-order valence-electron chi connectivity index (χ0n) is 15.8. The lowest BCUT2D eigenvalue weighted by Crippen LogP contribution is -2.51. The van der Waals surface area contributed by atoms with Crippen molar-refractivity contribution in [3.63, 3.8) is 0 Å². The average Bonchev–Trinajstić information content (AvgIpc) is 3.08. The van der Waals surface area contributed by atoms with Gasteiger partial charge in [0.05, 0.1) is 5.54 Å². The van der Waals surface area contributed by atoms with Gasteiger partial charge >= 0.3 is 0 Å². The second kappa shape index (κ2) is 12.4. The van der Waals surface area contributed by atoms with Crippen molar-refractivity contribution in [2.75, 3.05) is 32.8 Å². The van der Waals surface area contributed by atoms with Crippen LogP contribution in [0.1, 0.15) is 49.9 Å². The Morgan fingerprint density at radius 3 is 2.23 bits per heavy atom. The lowest BCUT2D eigenvalue weighted by Gasteiger charge is -2.28. The predicted octanol–water partition coefficient (Wildman–Crippen LogP) is 3.25. The molecule has 0 unspecified atom stereocenters. The van der Waals surface area contributed by atoms with E-state index in [1.807, 2.05) is 24.3 Å². The van der Waals surface area contributed by atoms with Crippen LogP contribution in [0, 0.1) is 0 Å². The van der Waals surface area contributed by atoms with E-state index in [9.17, 15) is 4.79 Å². The van der Waals surface area contributed by atoms with Gasteiger partial charge in [-0.15, -0.1) is 24.8 Å². The van der Waals surface area contributed by atoms with E-state index in [0.29, 0.717) is 18.7 Å². The molecule has 0 atom stereocenters. The van der Waals surface area contributed by atoms with E-state index in [1.54, 1.807) is 0 Å². The van der Waals surface area contributed by atoms with Crippen molar-refractivity contribution < 1.29 is 9.53 Å². The fourth-order valence-corrected chi connectivity index (χ4v) is 3.28. The summed E-state index contributed by atoms with van der Waals surface area (Å²) in [6.07, 6.45) is 4.22. The largest absolute Gasteiger partial charge is 0.492 e. The molecule has 7 heteroatoms. The molecule has 1 aliphatic rings. The first-order valence-corrected chi connectivity index (χ1v) is 9.10. The standard InChI is InChI=1S/C19H31N3O2.2ClH/c1-3-22(4-2)13-14-24-17-9-7-16(8-10-17)18(23)21-19(15-20)11-5-6-12-19;;/h7-10H,3-6,11-15,20H2,1-2H3,(H,21,23);2*1H. The van der Waals surface area contributed by atoms with Gasteiger partial charge in [0.1, 0.15) is 12.4 Å². The number of halogens is 2. The summed E-state index contributed by atoms with van der Waals surface area (Å²) >= 11 is 0. The Balaban J connectivity index is 0.00000312.